The highest BCUT2D eigenvalue weighted by atomic mass is 32.2. The van der Waals surface area contributed by atoms with Gasteiger partial charge in [-0.05, 0) is 6.92 Å². The molecule has 0 atom stereocenters. The molecule has 70 valence electrons. The van der Waals surface area contributed by atoms with E-state index in [2.05, 4.69) is 4.98 Å². The van der Waals surface area contributed by atoms with E-state index in [-0.39, 0.29) is 6.42 Å². The van der Waals surface area contributed by atoms with Crippen LogP contribution >= 0.6 is 11.8 Å². The third kappa shape index (κ3) is 1.44. The Balaban J connectivity index is 2.38. The number of thioether (sulfide) groups is 1. The molecule has 0 amide bonds. The molecule has 0 aliphatic carbocycles. The molecule has 4 nitrogen and oxygen atoms in total. The zero-order valence-electron chi connectivity index (χ0n) is 7.28. The molecule has 0 spiro atoms. The molecule has 1 aromatic rings. The van der Waals surface area contributed by atoms with Gasteiger partial charge in [0, 0.05) is 12.3 Å². The van der Waals surface area contributed by atoms with E-state index >= 15 is 0 Å². The Kier molecular flexibility index (Phi) is 2.03. The topological polar surface area (TPSA) is 55.1 Å². The monoisotopic (exact) mass is 198 g/mol. The maximum atomic E-state index is 10.6. The van der Waals surface area contributed by atoms with Gasteiger partial charge in [-0.15, -0.1) is 0 Å². The summed E-state index contributed by atoms with van der Waals surface area (Å²) in [6.07, 6.45) is 0.0827. The van der Waals surface area contributed by atoms with Crippen molar-refractivity contribution in [2.75, 3.05) is 5.75 Å². The Labute approximate surface area is 80.0 Å². The first-order valence-corrected chi connectivity index (χ1v) is 5.07. The lowest BCUT2D eigenvalue weighted by molar-refractivity contribution is -0.136. The predicted octanol–water partition coefficient (Wildman–Crippen LogP) is 0.924. The summed E-state index contributed by atoms with van der Waals surface area (Å²) in [5, 5.41) is 9.66. The number of carboxylic acids is 1. The number of hydrogen-bond acceptors (Lipinski definition) is 3. The van der Waals surface area contributed by atoms with Crippen molar-refractivity contribution < 1.29 is 9.90 Å². The van der Waals surface area contributed by atoms with Crippen molar-refractivity contribution in [1.29, 1.82) is 0 Å². The van der Waals surface area contributed by atoms with Crippen LogP contribution in [0, 0.1) is 6.92 Å². The summed E-state index contributed by atoms with van der Waals surface area (Å²) in [5.41, 5.74) is 1.71. The Morgan fingerprint density at radius 2 is 2.54 bits per heavy atom. The van der Waals surface area contributed by atoms with Crippen molar-refractivity contribution in [3.05, 3.63) is 11.4 Å². The van der Waals surface area contributed by atoms with Crippen molar-refractivity contribution in [3.63, 3.8) is 0 Å². The SMILES string of the molecule is Cc1nc2n(c1CC(=O)O)CCS2. The first kappa shape index (κ1) is 8.62. The summed E-state index contributed by atoms with van der Waals surface area (Å²) < 4.78 is 2.01. The third-order valence-corrected chi connectivity index (χ3v) is 3.06. The zero-order chi connectivity index (χ0) is 9.42. The van der Waals surface area contributed by atoms with Gasteiger partial charge in [0.05, 0.1) is 17.8 Å². The van der Waals surface area contributed by atoms with E-state index in [0.717, 1.165) is 28.8 Å². The Morgan fingerprint density at radius 3 is 3.23 bits per heavy atom. The highest BCUT2D eigenvalue weighted by Crippen LogP contribution is 2.27. The maximum Gasteiger partial charge on any atom is 0.309 e. The summed E-state index contributed by atoms with van der Waals surface area (Å²) >= 11 is 1.69. The quantitative estimate of drug-likeness (QED) is 0.768. The molecule has 0 radical (unpaired) electrons. The number of carboxylic acid groups (broad SMARTS) is 1. The second-order valence-corrected chi connectivity index (χ2v) is 4.06. The van der Waals surface area contributed by atoms with Crippen molar-refractivity contribution >= 4 is 17.7 Å². The molecule has 1 N–H and O–H groups in total. The van der Waals surface area contributed by atoms with Gasteiger partial charge in [-0.1, -0.05) is 11.8 Å². The number of hydrogen-bond donors (Lipinski definition) is 1. The molecule has 0 bridgehead atoms. The molecule has 1 aliphatic rings. The Bertz CT molecular complexity index is 359. The van der Waals surface area contributed by atoms with E-state index in [4.69, 9.17) is 5.11 Å². The molecule has 0 aromatic carbocycles. The fourth-order valence-corrected chi connectivity index (χ4v) is 2.53. The highest BCUT2D eigenvalue weighted by Gasteiger charge is 2.20. The van der Waals surface area contributed by atoms with Crippen LogP contribution in [-0.2, 0) is 17.8 Å². The van der Waals surface area contributed by atoms with E-state index in [9.17, 15) is 4.79 Å². The number of aromatic nitrogens is 2. The number of fused-ring (bicyclic) bond motifs is 1. The highest BCUT2D eigenvalue weighted by molar-refractivity contribution is 7.99. The second kappa shape index (κ2) is 3.06. The molecule has 5 heteroatoms. The molecule has 2 rings (SSSR count). The number of nitrogens with zero attached hydrogens (tertiary/aromatic N) is 2. The largest absolute Gasteiger partial charge is 0.481 e. The van der Waals surface area contributed by atoms with Gasteiger partial charge in [-0.3, -0.25) is 4.79 Å². The van der Waals surface area contributed by atoms with E-state index < -0.39 is 5.97 Å². The summed E-state index contributed by atoms with van der Waals surface area (Å²) in [4.78, 5) is 14.9. The van der Waals surface area contributed by atoms with Crippen molar-refractivity contribution in [2.24, 2.45) is 0 Å². The molecule has 1 aliphatic heterocycles. The zero-order valence-corrected chi connectivity index (χ0v) is 8.10. The van der Waals surface area contributed by atoms with Gasteiger partial charge in [-0.2, -0.15) is 0 Å². The van der Waals surface area contributed by atoms with Crippen LogP contribution in [0.3, 0.4) is 0 Å². The summed E-state index contributed by atoms with van der Waals surface area (Å²) in [7, 11) is 0. The number of carbonyl (C=O) groups is 1. The Morgan fingerprint density at radius 1 is 1.77 bits per heavy atom. The average molecular weight is 198 g/mol. The standard InChI is InChI=1S/C8H10N2O2S/c1-5-6(4-7(11)12)10-2-3-13-8(10)9-5/h2-4H2,1H3,(H,11,12). The van der Waals surface area contributed by atoms with Gasteiger partial charge in [0.2, 0.25) is 0 Å². The number of imidazole rings is 1. The first-order valence-electron chi connectivity index (χ1n) is 4.09. The van der Waals surface area contributed by atoms with E-state index in [1.165, 1.54) is 0 Å². The van der Waals surface area contributed by atoms with Crippen molar-refractivity contribution in [1.82, 2.24) is 9.55 Å². The predicted molar refractivity (Wildman–Crippen MR) is 49.0 cm³/mol. The van der Waals surface area contributed by atoms with Crippen molar-refractivity contribution in [3.8, 4) is 0 Å². The van der Waals surface area contributed by atoms with Crippen LogP contribution in [0.5, 0.6) is 0 Å². The van der Waals surface area contributed by atoms with Crippen LogP contribution < -0.4 is 0 Å². The number of aryl methyl sites for hydroxylation is 1. The smallest absolute Gasteiger partial charge is 0.309 e. The molecule has 2 heterocycles. The van der Waals surface area contributed by atoms with Crippen LogP contribution in [0.15, 0.2) is 5.16 Å². The van der Waals surface area contributed by atoms with Crippen LogP contribution in [0.25, 0.3) is 0 Å². The van der Waals surface area contributed by atoms with Gasteiger partial charge in [0.1, 0.15) is 0 Å². The molecule has 0 unspecified atom stereocenters. The van der Waals surface area contributed by atoms with E-state index in [1.807, 2.05) is 11.5 Å². The molecule has 0 saturated carbocycles. The summed E-state index contributed by atoms with van der Waals surface area (Å²) in [6, 6.07) is 0. The second-order valence-electron chi connectivity index (χ2n) is 3.00. The van der Waals surface area contributed by atoms with Gasteiger partial charge >= 0.3 is 5.97 Å². The molecule has 0 fully saturated rings. The van der Waals surface area contributed by atoms with Crippen LogP contribution in [0.1, 0.15) is 11.4 Å². The van der Waals surface area contributed by atoms with Gasteiger partial charge in [0.15, 0.2) is 5.16 Å². The maximum absolute atomic E-state index is 10.6. The van der Waals surface area contributed by atoms with Crippen LogP contribution in [0.2, 0.25) is 0 Å². The first-order chi connectivity index (χ1) is 6.18. The van der Waals surface area contributed by atoms with Crippen LogP contribution in [-0.4, -0.2) is 26.4 Å². The van der Waals surface area contributed by atoms with E-state index in [0.29, 0.717) is 0 Å². The normalized spacial score (nSPS) is 14.5. The molecule has 13 heavy (non-hydrogen) atoms. The number of aliphatic carboxylic acids is 1. The third-order valence-electron chi connectivity index (χ3n) is 2.10. The summed E-state index contributed by atoms with van der Waals surface area (Å²) in [6.45, 7) is 2.76. The fraction of sp³-hybridized carbons (Fsp3) is 0.500. The Hall–Kier alpha value is -0.970. The van der Waals surface area contributed by atoms with Gasteiger partial charge in [0.25, 0.3) is 0 Å². The molecular formula is C8H10N2O2S. The minimum Gasteiger partial charge on any atom is -0.481 e. The fourth-order valence-electron chi connectivity index (χ4n) is 1.51. The lowest BCUT2D eigenvalue weighted by atomic mass is 10.2. The summed E-state index contributed by atoms with van der Waals surface area (Å²) in [5.74, 6) is 0.220. The molecule has 0 saturated heterocycles. The molecule has 1 aromatic heterocycles. The van der Waals surface area contributed by atoms with E-state index in [1.54, 1.807) is 11.8 Å². The molecular weight excluding hydrogens is 188 g/mol. The van der Waals surface area contributed by atoms with Gasteiger partial charge in [-0.25, -0.2) is 4.98 Å². The van der Waals surface area contributed by atoms with Gasteiger partial charge < -0.3 is 9.67 Å². The number of rotatable bonds is 2. The average Bonchev–Trinajstić information content (AvgIpc) is 2.55. The minimum atomic E-state index is -0.789. The van der Waals surface area contributed by atoms with Crippen molar-refractivity contribution in [2.45, 2.75) is 25.0 Å². The van der Waals surface area contributed by atoms with Crippen LogP contribution in [0.4, 0.5) is 0 Å². The lowest BCUT2D eigenvalue weighted by Gasteiger charge is -2.01. The minimum absolute atomic E-state index is 0.0827. The lowest BCUT2D eigenvalue weighted by Crippen LogP contribution is -2.08.